The molecule has 25 heavy (non-hydrogen) atoms. The molecule has 1 aromatic heterocycles. The topological polar surface area (TPSA) is 46.9 Å². The van der Waals surface area contributed by atoms with E-state index in [-0.39, 0.29) is 5.91 Å². The lowest BCUT2D eigenvalue weighted by Crippen LogP contribution is -2.14. The minimum Gasteiger partial charge on any atom is -0.305 e. The second-order valence-electron chi connectivity index (χ2n) is 6.23. The minimum atomic E-state index is -0.145. The van der Waals surface area contributed by atoms with Crippen molar-refractivity contribution in [3.05, 3.63) is 81.5 Å². The molecule has 4 nitrogen and oxygen atoms in total. The van der Waals surface area contributed by atoms with Gasteiger partial charge in [0.1, 0.15) is 0 Å². The molecule has 0 aliphatic rings. The van der Waals surface area contributed by atoms with E-state index in [9.17, 15) is 4.79 Å². The normalized spacial score (nSPS) is 10.7. The third-order valence-corrected chi connectivity index (χ3v) is 4.32. The van der Waals surface area contributed by atoms with Gasteiger partial charge >= 0.3 is 0 Å². The van der Waals surface area contributed by atoms with Crippen LogP contribution in [0.2, 0.25) is 5.02 Å². The van der Waals surface area contributed by atoms with Crippen LogP contribution in [0, 0.1) is 20.8 Å². The van der Waals surface area contributed by atoms with Gasteiger partial charge in [-0.05, 0) is 50.1 Å². The molecule has 0 bridgehead atoms. The van der Waals surface area contributed by atoms with Crippen LogP contribution >= 0.6 is 11.6 Å². The van der Waals surface area contributed by atoms with E-state index >= 15 is 0 Å². The smallest absolute Gasteiger partial charge is 0.257 e. The molecule has 0 aliphatic carbocycles. The van der Waals surface area contributed by atoms with Crippen molar-refractivity contribution in [1.29, 1.82) is 0 Å². The average molecular weight is 354 g/mol. The number of nitrogens with one attached hydrogen (secondary N) is 1. The molecule has 0 spiro atoms. The lowest BCUT2D eigenvalue weighted by atomic mass is 10.1. The van der Waals surface area contributed by atoms with Crippen LogP contribution in [0.5, 0.6) is 0 Å². The van der Waals surface area contributed by atoms with Gasteiger partial charge in [-0.25, -0.2) is 0 Å². The third-order valence-electron chi connectivity index (χ3n) is 4.08. The predicted octanol–water partition coefficient (Wildman–Crippen LogP) is 4.76. The number of carbonyl (C=O) groups excluding carboxylic acids is 1. The van der Waals surface area contributed by atoms with Crippen molar-refractivity contribution in [1.82, 2.24) is 9.78 Å². The summed E-state index contributed by atoms with van der Waals surface area (Å²) in [6.07, 6.45) is 0. The van der Waals surface area contributed by atoms with Gasteiger partial charge in [-0.15, -0.1) is 0 Å². The van der Waals surface area contributed by atoms with Gasteiger partial charge in [0.2, 0.25) is 0 Å². The number of rotatable bonds is 4. The zero-order valence-corrected chi connectivity index (χ0v) is 15.3. The van der Waals surface area contributed by atoms with E-state index in [0.717, 1.165) is 22.4 Å². The van der Waals surface area contributed by atoms with Gasteiger partial charge in [0.05, 0.1) is 6.54 Å². The van der Waals surface area contributed by atoms with Crippen LogP contribution in [0.3, 0.4) is 0 Å². The van der Waals surface area contributed by atoms with Gasteiger partial charge in [-0.3, -0.25) is 9.48 Å². The Balaban J connectivity index is 1.78. The van der Waals surface area contributed by atoms with Gasteiger partial charge in [0, 0.05) is 22.3 Å². The van der Waals surface area contributed by atoms with Crippen LogP contribution in [-0.2, 0) is 6.54 Å². The van der Waals surface area contributed by atoms with E-state index in [1.165, 1.54) is 0 Å². The maximum absolute atomic E-state index is 12.5. The van der Waals surface area contributed by atoms with Crippen LogP contribution in [0.25, 0.3) is 0 Å². The molecule has 0 aliphatic heterocycles. The van der Waals surface area contributed by atoms with Gasteiger partial charge in [0.15, 0.2) is 5.82 Å². The zero-order chi connectivity index (χ0) is 18.0. The SMILES string of the molecule is Cc1ccc(C)c(C(=O)Nc2cc(C)n(Cc3cccc(Cl)c3)n2)c1. The fourth-order valence-corrected chi connectivity index (χ4v) is 2.92. The van der Waals surface area contributed by atoms with E-state index in [4.69, 9.17) is 11.6 Å². The van der Waals surface area contributed by atoms with Crippen molar-refractivity contribution in [3.8, 4) is 0 Å². The van der Waals surface area contributed by atoms with Crippen molar-refractivity contribution < 1.29 is 4.79 Å². The second-order valence-corrected chi connectivity index (χ2v) is 6.67. The van der Waals surface area contributed by atoms with E-state index in [2.05, 4.69) is 10.4 Å². The molecule has 5 heteroatoms. The van der Waals surface area contributed by atoms with Gasteiger partial charge in [-0.1, -0.05) is 41.4 Å². The predicted molar refractivity (Wildman–Crippen MR) is 101 cm³/mol. The Labute approximate surface area is 152 Å². The zero-order valence-electron chi connectivity index (χ0n) is 14.5. The Morgan fingerprint density at radius 3 is 2.68 bits per heavy atom. The summed E-state index contributed by atoms with van der Waals surface area (Å²) in [4.78, 5) is 12.5. The van der Waals surface area contributed by atoms with E-state index < -0.39 is 0 Å². The Morgan fingerprint density at radius 2 is 1.92 bits per heavy atom. The highest BCUT2D eigenvalue weighted by Crippen LogP contribution is 2.17. The molecule has 128 valence electrons. The number of aromatic nitrogens is 2. The summed E-state index contributed by atoms with van der Waals surface area (Å²) < 4.78 is 1.85. The number of benzene rings is 2. The van der Waals surface area contributed by atoms with Crippen LogP contribution < -0.4 is 5.32 Å². The summed E-state index contributed by atoms with van der Waals surface area (Å²) in [6.45, 7) is 6.47. The van der Waals surface area contributed by atoms with E-state index in [1.54, 1.807) is 0 Å². The average Bonchev–Trinajstić information content (AvgIpc) is 2.89. The number of anilines is 1. The molecule has 0 unspecified atom stereocenters. The highest BCUT2D eigenvalue weighted by Gasteiger charge is 2.12. The Kier molecular flexibility index (Phi) is 4.91. The monoisotopic (exact) mass is 353 g/mol. The van der Waals surface area contributed by atoms with Crippen molar-refractivity contribution in [2.24, 2.45) is 0 Å². The van der Waals surface area contributed by atoms with Crippen molar-refractivity contribution >= 4 is 23.3 Å². The van der Waals surface area contributed by atoms with Gasteiger partial charge in [0.25, 0.3) is 5.91 Å². The van der Waals surface area contributed by atoms with E-state index in [1.807, 2.05) is 74.0 Å². The Bertz CT molecular complexity index is 930. The standard InChI is InChI=1S/C20H20ClN3O/c1-13-7-8-14(2)18(9-13)20(25)22-19-10-15(3)24(23-19)12-16-5-4-6-17(21)11-16/h4-11H,12H2,1-3H3,(H,22,23,25). The van der Waals surface area contributed by atoms with Crippen LogP contribution in [0.4, 0.5) is 5.82 Å². The van der Waals surface area contributed by atoms with Crippen molar-refractivity contribution in [2.45, 2.75) is 27.3 Å². The molecular weight excluding hydrogens is 334 g/mol. The molecule has 1 heterocycles. The summed E-state index contributed by atoms with van der Waals surface area (Å²) in [5.74, 6) is 0.402. The number of carbonyl (C=O) groups is 1. The van der Waals surface area contributed by atoms with Crippen LogP contribution in [0.15, 0.2) is 48.5 Å². The molecular formula is C20H20ClN3O. The van der Waals surface area contributed by atoms with Crippen LogP contribution in [-0.4, -0.2) is 15.7 Å². The molecule has 1 N–H and O–H groups in total. The molecule has 0 fully saturated rings. The quantitative estimate of drug-likeness (QED) is 0.734. The van der Waals surface area contributed by atoms with Crippen LogP contribution in [0.1, 0.15) is 32.7 Å². The number of hydrogen-bond donors (Lipinski definition) is 1. The number of hydrogen-bond acceptors (Lipinski definition) is 2. The van der Waals surface area contributed by atoms with Crippen molar-refractivity contribution in [2.75, 3.05) is 5.32 Å². The minimum absolute atomic E-state index is 0.145. The molecule has 0 saturated carbocycles. The summed E-state index contributed by atoms with van der Waals surface area (Å²) in [5.41, 5.74) is 4.70. The highest BCUT2D eigenvalue weighted by atomic mass is 35.5. The number of amides is 1. The summed E-state index contributed by atoms with van der Waals surface area (Å²) >= 11 is 6.03. The maximum Gasteiger partial charge on any atom is 0.257 e. The molecule has 0 radical (unpaired) electrons. The van der Waals surface area contributed by atoms with Gasteiger partial charge in [-0.2, -0.15) is 5.10 Å². The van der Waals surface area contributed by atoms with Crippen molar-refractivity contribution in [3.63, 3.8) is 0 Å². The lowest BCUT2D eigenvalue weighted by molar-refractivity contribution is 0.102. The Morgan fingerprint density at radius 1 is 1.12 bits per heavy atom. The first-order valence-corrected chi connectivity index (χ1v) is 8.47. The second kappa shape index (κ2) is 7.11. The lowest BCUT2D eigenvalue weighted by Gasteiger charge is -2.07. The summed E-state index contributed by atoms with van der Waals surface area (Å²) in [6, 6.07) is 15.4. The molecule has 0 saturated heterocycles. The molecule has 3 aromatic rings. The highest BCUT2D eigenvalue weighted by molar-refractivity contribution is 6.30. The first-order valence-electron chi connectivity index (χ1n) is 8.10. The van der Waals surface area contributed by atoms with Gasteiger partial charge < -0.3 is 5.32 Å². The summed E-state index contributed by atoms with van der Waals surface area (Å²) in [7, 11) is 0. The largest absolute Gasteiger partial charge is 0.305 e. The fraction of sp³-hybridized carbons (Fsp3) is 0.200. The third kappa shape index (κ3) is 4.09. The fourth-order valence-electron chi connectivity index (χ4n) is 2.70. The molecule has 1 amide bonds. The number of aryl methyl sites for hydroxylation is 3. The number of nitrogens with zero attached hydrogens (tertiary/aromatic N) is 2. The first kappa shape index (κ1) is 17.2. The first-order chi connectivity index (χ1) is 11.9. The number of halogens is 1. The van der Waals surface area contributed by atoms with E-state index in [0.29, 0.717) is 22.9 Å². The molecule has 2 aromatic carbocycles. The Hall–Kier alpha value is -2.59. The molecule has 3 rings (SSSR count). The molecule has 0 atom stereocenters. The summed E-state index contributed by atoms with van der Waals surface area (Å²) in [5, 5.41) is 8.08. The maximum atomic E-state index is 12.5.